The molecule has 0 unspecified atom stereocenters. The highest BCUT2D eigenvalue weighted by molar-refractivity contribution is 5.46. The number of benzene rings is 1. The molecule has 0 saturated carbocycles. The normalized spacial score (nSPS) is 11.7. The molecular weight excluding hydrogens is 270 g/mol. The van der Waals surface area contributed by atoms with E-state index in [4.69, 9.17) is 0 Å². The van der Waals surface area contributed by atoms with Crippen LogP contribution in [0.1, 0.15) is 51.0 Å². The van der Waals surface area contributed by atoms with Gasteiger partial charge in [0, 0.05) is 6.54 Å². The second kappa shape index (κ2) is 8.12. The van der Waals surface area contributed by atoms with E-state index in [-0.39, 0.29) is 5.69 Å². The molecule has 114 valence electrons. The smallest absolute Gasteiger partial charge is 0.383 e. The first-order valence-electron chi connectivity index (χ1n) is 7.05. The Morgan fingerprint density at radius 3 is 2.25 bits per heavy atom. The molecule has 0 aliphatic carbocycles. The zero-order chi connectivity index (χ0) is 15.0. The summed E-state index contributed by atoms with van der Waals surface area (Å²) in [5.41, 5.74) is -0.827. The van der Waals surface area contributed by atoms with E-state index >= 15 is 0 Å². The summed E-state index contributed by atoms with van der Waals surface area (Å²) in [6.45, 7) is 2.73. The maximum Gasteiger partial charge on any atom is 0.416 e. The first kappa shape index (κ1) is 16.8. The van der Waals surface area contributed by atoms with Gasteiger partial charge < -0.3 is 5.32 Å². The van der Waals surface area contributed by atoms with Gasteiger partial charge in [0.2, 0.25) is 0 Å². The molecule has 1 aromatic carbocycles. The van der Waals surface area contributed by atoms with E-state index in [1.807, 2.05) is 0 Å². The minimum Gasteiger partial charge on any atom is -0.383 e. The average Bonchev–Trinajstić information content (AvgIpc) is 2.38. The Balaban J connectivity index is 2.34. The van der Waals surface area contributed by atoms with Crippen LogP contribution in [-0.4, -0.2) is 6.54 Å². The number of anilines is 1. The molecule has 1 aromatic rings. The van der Waals surface area contributed by atoms with Crippen molar-refractivity contribution in [1.29, 1.82) is 0 Å². The van der Waals surface area contributed by atoms with E-state index in [1.54, 1.807) is 0 Å². The lowest BCUT2D eigenvalue weighted by Gasteiger charge is -2.11. The van der Waals surface area contributed by atoms with Crippen molar-refractivity contribution in [2.75, 3.05) is 11.9 Å². The van der Waals surface area contributed by atoms with Crippen molar-refractivity contribution < 1.29 is 17.6 Å². The predicted molar refractivity (Wildman–Crippen MR) is 73.3 cm³/mol. The Hall–Kier alpha value is -1.26. The van der Waals surface area contributed by atoms with Crippen molar-refractivity contribution >= 4 is 5.69 Å². The van der Waals surface area contributed by atoms with E-state index < -0.39 is 17.6 Å². The molecule has 0 atom stereocenters. The molecule has 1 rings (SSSR count). The van der Waals surface area contributed by atoms with Gasteiger partial charge in [-0.15, -0.1) is 0 Å². The lowest BCUT2D eigenvalue weighted by atomic mass is 10.1. The number of hydrogen-bond donors (Lipinski definition) is 1. The van der Waals surface area contributed by atoms with Gasteiger partial charge in [0.1, 0.15) is 5.82 Å². The summed E-state index contributed by atoms with van der Waals surface area (Å²) >= 11 is 0. The summed E-state index contributed by atoms with van der Waals surface area (Å²) in [5, 5.41) is 2.84. The van der Waals surface area contributed by atoms with Crippen LogP contribution in [0.4, 0.5) is 23.2 Å². The fourth-order valence-corrected chi connectivity index (χ4v) is 1.96. The molecule has 0 aliphatic heterocycles. The standard InChI is InChI=1S/C15H21F4N/c1-2-3-4-5-6-7-10-20-14-9-8-12(11-13(14)16)15(17,18)19/h8-9,11,20H,2-7,10H2,1H3. The Labute approximate surface area is 117 Å². The van der Waals surface area contributed by atoms with Crippen LogP contribution >= 0.6 is 0 Å². The van der Waals surface area contributed by atoms with E-state index in [0.717, 1.165) is 31.4 Å². The summed E-state index contributed by atoms with van der Waals surface area (Å²) in [5.74, 6) is -0.856. The lowest BCUT2D eigenvalue weighted by molar-refractivity contribution is -0.137. The molecule has 0 saturated heterocycles. The highest BCUT2D eigenvalue weighted by Crippen LogP contribution is 2.31. The van der Waals surface area contributed by atoms with Crippen LogP contribution < -0.4 is 5.32 Å². The summed E-state index contributed by atoms with van der Waals surface area (Å²) in [7, 11) is 0. The summed E-state index contributed by atoms with van der Waals surface area (Å²) in [6, 6.07) is 2.57. The third-order valence-electron chi connectivity index (χ3n) is 3.14. The molecule has 0 radical (unpaired) electrons. The third-order valence-corrected chi connectivity index (χ3v) is 3.14. The second-order valence-electron chi connectivity index (χ2n) is 4.89. The van der Waals surface area contributed by atoms with Crippen molar-refractivity contribution in [3.05, 3.63) is 29.6 Å². The molecule has 5 heteroatoms. The van der Waals surface area contributed by atoms with Gasteiger partial charge in [0.25, 0.3) is 0 Å². The Kier molecular flexibility index (Phi) is 6.82. The van der Waals surface area contributed by atoms with Gasteiger partial charge in [-0.2, -0.15) is 13.2 Å². The van der Waals surface area contributed by atoms with Gasteiger partial charge in [0.05, 0.1) is 11.3 Å². The first-order chi connectivity index (χ1) is 9.45. The average molecular weight is 291 g/mol. The maximum atomic E-state index is 13.5. The van der Waals surface area contributed by atoms with E-state index in [2.05, 4.69) is 12.2 Å². The number of unbranched alkanes of at least 4 members (excludes halogenated alkanes) is 5. The molecule has 1 N–H and O–H groups in total. The van der Waals surface area contributed by atoms with Crippen LogP contribution in [0, 0.1) is 5.82 Å². The van der Waals surface area contributed by atoms with Gasteiger partial charge in [-0.25, -0.2) is 4.39 Å². The first-order valence-corrected chi connectivity index (χ1v) is 7.05. The topological polar surface area (TPSA) is 12.0 Å². The van der Waals surface area contributed by atoms with E-state index in [1.165, 1.54) is 19.3 Å². The van der Waals surface area contributed by atoms with Crippen LogP contribution in [0.2, 0.25) is 0 Å². The van der Waals surface area contributed by atoms with Crippen LogP contribution in [0.5, 0.6) is 0 Å². The zero-order valence-electron chi connectivity index (χ0n) is 11.7. The quantitative estimate of drug-likeness (QED) is 0.484. The van der Waals surface area contributed by atoms with Crippen LogP contribution in [-0.2, 0) is 6.18 Å². The zero-order valence-corrected chi connectivity index (χ0v) is 11.7. The highest BCUT2D eigenvalue weighted by Gasteiger charge is 2.31. The van der Waals surface area contributed by atoms with Gasteiger partial charge >= 0.3 is 6.18 Å². The number of nitrogens with one attached hydrogen (secondary N) is 1. The van der Waals surface area contributed by atoms with Crippen molar-refractivity contribution in [1.82, 2.24) is 0 Å². The minimum atomic E-state index is -4.50. The molecule has 1 nitrogen and oxygen atoms in total. The van der Waals surface area contributed by atoms with Crippen molar-refractivity contribution in [2.24, 2.45) is 0 Å². The maximum absolute atomic E-state index is 13.5. The van der Waals surface area contributed by atoms with E-state index in [0.29, 0.717) is 12.6 Å². The Morgan fingerprint density at radius 1 is 1.00 bits per heavy atom. The largest absolute Gasteiger partial charge is 0.416 e. The number of hydrogen-bond acceptors (Lipinski definition) is 1. The Bertz CT molecular complexity index is 401. The highest BCUT2D eigenvalue weighted by atomic mass is 19.4. The molecule has 0 fully saturated rings. The summed E-state index contributed by atoms with van der Waals surface area (Å²) in [4.78, 5) is 0. The summed E-state index contributed by atoms with van der Waals surface area (Å²) in [6.07, 6.45) is 2.20. The van der Waals surface area contributed by atoms with Crippen molar-refractivity contribution in [3.63, 3.8) is 0 Å². The fraction of sp³-hybridized carbons (Fsp3) is 0.600. The van der Waals surface area contributed by atoms with Crippen LogP contribution in [0.3, 0.4) is 0 Å². The second-order valence-corrected chi connectivity index (χ2v) is 4.89. The van der Waals surface area contributed by atoms with Crippen LogP contribution in [0.25, 0.3) is 0 Å². The van der Waals surface area contributed by atoms with Gasteiger partial charge in [-0.3, -0.25) is 0 Å². The third kappa shape index (κ3) is 5.80. The van der Waals surface area contributed by atoms with E-state index in [9.17, 15) is 17.6 Å². The lowest BCUT2D eigenvalue weighted by Crippen LogP contribution is -2.08. The number of halogens is 4. The monoisotopic (exact) mass is 291 g/mol. The minimum absolute atomic E-state index is 0.131. The molecule has 0 spiro atoms. The molecular formula is C15H21F4N. The summed E-state index contributed by atoms with van der Waals surface area (Å²) < 4.78 is 50.6. The predicted octanol–water partition coefficient (Wildman–Crippen LogP) is 5.62. The van der Waals surface area contributed by atoms with Crippen molar-refractivity contribution in [2.45, 2.75) is 51.6 Å². The Morgan fingerprint density at radius 2 is 1.65 bits per heavy atom. The molecule has 0 aromatic heterocycles. The SMILES string of the molecule is CCCCCCCCNc1ccc(C(F)(F)F)cc1F. The number of alkyl halides is 3. The molecule has 0 heterocycles. The van der Waals surface area contributed by atoms with Gasteiger partial charge in [-0.1, -0.05) is 39.0 Å². The molecule has 0 amide bonds. The van der Waals surface area contributed by atoms with Crippen LogP contribution in [0.15, 0.2) is 18.2 Å². The molecule has 0 bridgehead atoms. The van der Waals surface area contributed by atoms with Gasteiger partial charge in [-0.05, 0) is 24.6 Å². The van der Waals surface area contributed by atoms with Crippen molar-refractivity contribution in [3.8, 4) is 0 Å². The fourth-order valence-electron chi connectivity index (χ4n) is 1.96. The molecule has 0 aliphatic rings. The molecule has 20 heavy (non-hydrogen) atoms. The van der Waals surface area contributed by atoms with Gasteiger partial charge in [0.15, 0.2) is 0 Å². The number of rotatable bonds is 8.